The fourth-order valence-corrected chi connectivity index (χ4v) is 2.21. The van der Waals surface area contributed by atoms with Gasteiger partial charge in [-0.15, -0.1) is 0 Å². The van der Waals surface area contributed by atoms with Crippen LogP contribution >= 0.6 is 11.6 Å². The maximum absolute atomic E-state index is 11.0. The van der Waals surface area contributed by atoms with Gasteiger partial charge in [0, 0.05) is 16.1 Å². The van der Waals surface area contributed by atoms with Crippen LogP contribution in [0, 0.1) is 11.3 Å². The number of nitriles is 1. The normalized spacial score (nSPS) is 10.8. The number of carbonyl (C=O) groups is 1. The van der Waals surface area contributed by atoms with Gasteiger partial charge in [-0.1, -0.05) is 41.9 Å². The van der Waals surface area contributed by atoms with Gasteiger partial charge in [-0.05, 0) is 18.2 Å². The van der Waals surface area contributed by atoms with Gasteiger partial charge in [-0.25, -0.2) is 4.79 Å². The molecule has 0 heterocycles. The molecule has 0 unspecified atom stereocenters. The molecule has 5 nitrogen and oxygen atoms in total. The minimum atomic E-state index is -1.31. The van der Waals surface area contributed by atoms with Crippen LogP contribution in [-0.2, 0) is 11.4 Å². The predicted octanol–water partition coefficient (Wildman–Crippen LogP) is 3.92. The molecule has 0 aliphatic carbocycles. The number of nitrogens with zero attached hydrogens (tertiary/aromatic N) is 1. The number of hydrogen-bond acceptors (Lipinski definition) is 4. The van der Waals surface area contributed by atoms with Crippen molar-refractivity contribution in [3.63, 3.8) is 0 Å². The highest BCUT2D eigenvalue weighted by Crippen LogP contribution is 2.33. The van der Waals surface area contributed by atoms with Crippen LogP contribution in [0.3, 0.4) is 0 Å². The first-order chi connectivity index (χ1) is 11.6. The zero-order valence-electron chi connectivity index (χ0n) is 12.8. The van der Waals surface area contributed by atoms with Crippen LogP contribution < -0.4 is 9.47 Å². The Morgan fingerprint density at radius 1 is 1.29 bits per heavy atom. The number of benzene rings is 2. The van der Waals surface area contributed by atoms with Gasteiger partial charge in [-0.2, -0.15) is 5.26 Å². The summed E-state index contributed by atoms with van der Waals surface area (Å²) in [6.07, 6.45) is 1.24. The van der Waals surface area contributed by atoms with Crippen molar-refractivity contribution >= 4 is 23.6 Å². The predicted molar refractivity (Wildman–Crippen MR) is 90.0 cm³/mol. The highest BCUT2D eigenvalue weighted by atomic mass is 35.5. The fourth-order valence-electron chi connectivity index (χ4n) is 2.02. The van der Waals surface area contributed by atoms with Crippen LogP contribution in [0.15, 0.2) is 48.0 Å². The molecule has 0 aliphatic rings. The first-order valence-electron chi connectivity index (χ1n) is 6.95. The highest BCUT2D eigenvalue weighted by molar-refractivity contribution is 6.31. The van der Waals surface area contributed by atoms with Crippen LogP contribution in [0.1, 0.15) is 11.1 Å². The van der Waals surface area contributed by atoms with Crippen LogP contribution in [0.5, 0.6) is 11.5 Å². The van der Waals surface area contributed by atoms with Crippen LogP contribution in [0.2, 0.25) is 5.02 Å². The van der Waals surface area contributed by atoms with Crippen molar-refractivity contribution in [1.29, 1.82) is 5.26 Å². The minimum Gasteiger partial charge on any atom is -0.493 e. The number of halogens is 1. The van der Waals surface area contributed by atoms with E-state index in [-0.39, 0.29) is 6.61 Å². The summed E-state index contributed by atoms with van der Waals surface area (Å²) in [5.74, 6) is -0.537. The van der Waals surface area contributed by atoms with E-state index < -0.39 is 11.5 Å². The second kappa shape index (κ2) is 8.04. The summed E-state index contributed by atoms with van der Waals surface area (Å²) in [7, 11) is 1.48. The van der Waals surface area contributed by atoms with E-state index in [4.69, 9.17) is 31.4 Å². The molecule has 0 amide bonds. The van der Waals surface area contributed by atoms with Crippen molar-refractivity contribution in [3.8, 4) is 17.6 Å². The van der Waals surface area contributed by atoms with E-state index in [9.17, 15) is 4.79 Å². The summed E-state index contributed by atoms with van der Waals surface area (Å²) in [6.45, 7) is 0.176. The number of rotatable bonds is 6. The molecule has 6 heteroatoms. The van der Waals surface area contributed by atoms with Gasteiger partial charge < -0.3 is 14.6 Å². The van der Waals surface area contributed by atoms with E-state index in [1.165, 1.54) is 13.2 Å². The van der Waals surface area contributed by atoms with Gasteiger partial charge in [0.15, 0.2) is 11.5 Å². The largest absolute Gasteiger partial charge is 0.493 e. The van der Waals surface area contributed by atoms with Gasteiger partial charge in [0.1, 0.15) is 18.2 Å². The van der Waals surface area contributed by atoms with E-state index in [0.29, 0.717) is 22.1 Å². The molecule has 1 N–H and O–H groups in total. The lowest BCUT2D eigenvalue weighted by Crippen LogP contribution is -2.02. The van der Waals surface area contributed by atoms with E-state index >= 15 is 0 Å². The number of hydrogen-bond donors (Lipinski definition) is 1. The second-order valence-electron chi connectivity index (χ2n) is 4.73. The molecule has 2 rings (SSSR count). The molecular weight excluding hydrogens is 330 g/mol. The van der Waals surface area contributed by atoms with Crippen molar-refractivity contribution in [2.24, 2.45) is 0 Å². The SMILES string of the molecule is COc1cccc(/C=C(\C#N)C(=O)O)c1OCc1ccccc1Cl. The van der Waals surface area contributed by atoms with Crippen LogP contribution in [-0.4, -0.2) is 18.2 Å². The van der Waals surface area contributed by atoms with Gasteiger partial charge in [0.2, 0.25) is 0 Å². The summed E-state index contributed by atoms with van der Waals surface area (Å²) in [6, 6.07) is 13.9. The Kier molecular flexibility index (Phi) is 5.83. The van der Waals surface area contributed by atoms with Crippen molar-refractivity contribution in [2.45, 2.75) is 6.61 Å². The minimum absolute atomic E-state index is 0.176. The molecule has 2 aromatic rings. The van der Waals surface area contributed by atoms with Gasteiger partial charge >= 0.3 is 5.97 Å². The van der Waals surface area contributed by atoms with Gasteiger partial charge in [-0.3, -0.25) is 0 Å². The highest BCUT2D eigenvalue weighted by Gasteiger charge is 2.13. The Bertz CT molecular complexity index is 824. The molecule has 0 saturated heterocycles. The first-order valence-corrected chi connectivity index (χ1v) is 7.33. The molecule has 0 bridgehead atoms. The van der Waals surface area contributed by atoms with Gasteiger partial charge in [0.25, 0.3) is 0 Å². The zero-order valence-corrected chi connectivity index (χ0v) is 13.6. The second-order valence-corrected chi connectivity index (χ2v) is 5.14. The Morgan fingerprint density at radius 2 is 2.04 bits per heavy atom. The van der Waals surface area contributed by atoms with E-state index in [1.807, 2.05) is 18.2 Å². The molecule has 0 spiro atoms. The Labute approximate surface area is 144 Å². The summed E-state index contributed by atoms with van der Waals surface area (Å²) < 4.78 is 11.1. The maximum Gasteiger partial charge on any atom is 0.346 e. The molecule has 24 heavy (non-hydrogen) atoms. The molecule has 122 valence electrons. The number of para-hydroxylation sites is 1. The molecule has 0 aromatic heterocycles. The molecule has 0 saturated carbocycles. The lowest BCUT2D eigenvalue weighted by atomic mass is 10.1. The number of ether oxygens (including phenoxy) is 2. The first kappa shape index (κ1) is 17.4. The number of carboxylic acids is 1. The zero-order chi connectivity index (χ0) is 17.5. The third kappa shape index (κ3) is 4.06. The van der Waals surface area contributed by atoms with Crippen molar-refractivity contribution in [1.82, 2.24) is 0 Å². The Hall–Kier alpha value is -2.97. The van der Waals surface area contributed by atoms with Gasteiger partial charge in [0.05, 0.1) is 7.11 Å². The molecule has 0 atom stereocenters. The standard InChI is InChI=1S/C18H14ClNO4/c1-23-16-8-4-6-12(9-14(10-20)18(21)22)17(16)24-11-13-5-2-3-7-15(13)19/h2-9H,11H2,1H3,(H,21,22)/b14-9+. The summed E-state index contributed by atoms with van der Waals surface area (Å²) in [5.41, 5.74) is 0.810. The molecule has 0 fully saturated rings. The number of carboxylic acid groups (broad SMARTS) is 1. The number of methoxy groups -OCH3 is 1. The fraction of sp³-hybridized carbons (Fsp3) is 0.111. The van der Waals surface area contributed by atoms with Crippen molar-refractivity contribution in [3.05, 3.63) is 64.2 Å². The third-order valence-corrected chi connectivity index (χ3v) is 3.58. The Balaban J connectivity index is 2.39. The third-order valence-electron chi connectivity index (χ3n) is 3.21. The summed E-state index contributed by atoms with van der Waals surface area (Å²) in [4.78, 5) is 11.0. The van der Waals surface area contributed by atoms with E-state index in [1.54, 1.807) is 30.3 Å². The quantitative estimate of drug-likeness (QED) is 0.635. The molecular formula is C18H14ClNO4. The smallest absolute Gasteiger partial charge is 0.346 e. The van der Waals surface area contributed by atoms with Crippen molar-refractivity contribution in [2.75, 3.05) is 7.11 Å². The monoisotopic (exact) mass is 343 g/mol. The molecule has 0 radical (unpaired) electrons. The van der Waals surface area contributed by atoms with Crippen molar-refractivity contribution < 1.29 is 19.4 Å². The van der Waals surface area contributed by atoms with E-state index in [0.717, 1.165) is 5.56 Å². The summed E-state index contributed by atoms with van der Waals surface area (Å²) in [5, 5.41) is 18.5. The maximum atomic E-state index is 11.0. The lowest BCUT2D eigenvalue weighted by Gasteiger charge is -2.14. The topological polar surface area (TPSA) is 79.5 Å². The van der Waals surface area contributed by atoms with E-state index in [2.05, 4.69) is 0 Å². The van der Waals surface area contributed by atoms with Crippen LogP contribution in [0.4, 0.5) is 0 Å². The summed E-state index contributed by atoms with van der Waals surface area (Å²) >= 11 is 6.11. The Morgan fingerprint density at radius 3 is 2.67 bits per heavy atom. The molecule has 0 aliphatic heterocycles. The average molecular weight is 344 g/mol. The lowest BCUT2D eigenvalue weighted by molar-refractivity contribution is -0.132. The average Bonchev–Trinajstić information content (AvgIpc) is 2.58. The molecule has 2 aromatic carbocycles. The van der Waals surface area contributed by atoms with Crippen LogP contribution in [0.25, 0.3) is 6.08 Å². The number of aliphatic carboxylic acids is 1.